The molecule has 0 saturated heterocycles. The van der Waals surface area contributed by atoms with Crippen molar-refractivity contribution in [3.05, 3.63) is 35.4 Å². The Morgan fingerprint density at radius 2 is 2.16 bits per heavy atom. The third-order valence-electron chi connectivity index (χ3n) is 3.93. The standard InChI is InChI=1S/C16H26N2S/c1-12(2)19-11-15(18-17)10-14-8-5-7-13-6-3-4-9-16(13)14/h3-4,6,9,12,14-15,18H,5,7-8,10-11,17H2,1-2H3. The van der Waals surface area contributed by atoms with Crippen molar-refractivity contribution in [1.29, 1.82) is 0 Å². The first kappa shape index (κ1) is 14.9. The van der Waals surface area contributed by atoms with Gasteiger partial charge in [-0.25, -0.2) is 0 Å². The summed E-state index contributed by atoms with van der Waals surface area (Å²) in [7, 11) is 0. The van der Waals surface area contributed by atoms with Gasteiger partial charge >= 0.3 is 0 Å². The third kappa shape index (κ3) is 4.23. The molecule has 3 N–H and O–H groups in total. The van der Waals surface area contributed by atoms with Gasteiger partial charge in [0.1, 0.15) is 0 Å². The van der Waals surface area contributed by atoms with Crippen LogP contribution in [0.25, 0.3) is 0 Å². The van der Waals surface area contributed by atoms with Crippen LogP contribution >= 0.6 is 11.8 Å². The number of nitrogens with two attached hydrogens (primary N) is 1. The number of benzene rings is 1. The summed E-state index contributed by atoms with van der Waals surface area (Å²) >= 11 is 1.99. The largest absolute Gasteiger partial charge is 0.271 e. The van der Waals surface area contributed by atoms with Gasteiger partial charge in [-0.2, -0.15) is 11.8 Å². The van der Waals surface area contributed by atoms with Crippen molar-refractivity contribution >= 4 is 11.8 Å². The van der Waals surface area contributed by atoms with Gasteiger partial charge in [0.15, 0.2) is 0 Å². The second-order valence-corrected chi connectivity index (χ2v) is 7.38. The first-order chi connectivity index (χ1) is 9.20. The molecule has 1 aliphatic rings. The highest BCUT2D eigenvalue weighted by Gasteiger charge is 2.22. The normalized spacial score (nSPS) is 20.3. The maximum absolute atomic E-state index is 5.73. The molecule has 1 aliphatic carbocycles. The molecule has 2 unspecified atom stereocenters. The van der Waals surface area contributed by atoms with Crippen LogP contribution in [0.5, 0.6) is 0 Å². The quantitative estimate of drug-likeness (QED) is 0.618. The van der Waals surface area contributed by atoms with Crippen LogP contribution in [0.2, 0.25) is 0 Å². The second-order valence-electron chi connectivity index (χ2n) is 5.77. The van der Waals surface area contributed by atoms with Gasteiger partial charge in [0.05, 0.1) is 0 Å². The summed E-state index contributed by atoms with van der Waals surface area (Å²) in [6, 6.07) is 9.35. The zero-order valence-corrected chi connectivity index (χ0v) is 12.9. The molecule has 3 heteroatoms. The summed E-state index contributed by atoms with van der Waals surface area (Å²) in [5, 5.41) is 0.675. The summed E-state index contributed by atoms with van der Waals surface area (Å²) in [4.78, 5) is 0. The van der Waals surface area contributed by atoms with Crippen LogP contribution in [-0.2, 0) is 6.42 Å². The molecule has 106 valence electrons. The average molecular weight is 278 g/mol. The van der Waals surface area contributed by atoms with Gasteiger partial charge in [0.25, 0.3) is 0 Å². The smallest absolute Gasteiger partial charge is 0.0307 e. The first-order valence-corrected chi connectivity index (χ1v) is 8.41. The number of nitrogens with one attached hydrogen (secondary N) is 1. The Morgan fingerprint density at radius 3 is 2.89 bits per heavy atom. The number of hydrazine groups is 1. The fourth-order valence-corrected chi connectivity index (χ4v) is 3.79. The third-order valence-corrected chi connectivity index (χ3v) is 5.19. The molecule has 2 nitrogen and oxygen atoms in total. The van der Waals surface area contributed by atoms with Crippen LogP contribution in [0, 0.1) is 0 Å². The summed E-state index contributed by atoms with van der Waals surface area (Å²) < 4.78 is 0. The van der Waals surface area contributed by atoms with E-state index >= 15 is 0 Å². The van der Waals surface area contributed by atoms with Crippen LogP contribution < -0.4 is 11.3 Å². The predicted octanol–water partition coefficient (Wildman–Crippen LogP) is 3.47. The van der Waals surface area contributed by atoms with E-state index in [0.717, 1.165) is 12.2 Å². The fraction of sp³-hybridized carbons (Fsp3) is 0.625. The lowest BCUT2D eigenvalue weighted by Crippen LogP contribution is -2.38. The van der Waals surface area contributed by atoms with E-state index in [2.05, 4.69) is 43.5 Å². The SMILES string of the molecule is CC(C)SCC(CC1CCCc2ccccc21)NN. The van der Waals surface area contributed by atoms with Crippen LogP contribution in [0.15, 0.2) is 24.3 Å². The van der Waals surface area contributed by atoms with E-state index < -0.39 is 0 Å². The Morgan fingerprint density at radius 1 is 1.37 bits per heavy atom. The number of thioether (sulfide) groups is 1. The van der Waals surface area contributed by atoms with Gasteiger partial charge in [-0.1, -0.05) is 38.1 Å². The molecule has 0 saturated carbocycles. The van der Waals surface area contributed by atoms with E-state index in [1.54, 1.807) is 11.1 Å². The molecule has 0 fully saturated rings. The first-order valence-electron chi connectivity index (χ1n) is 7.36. The molecule has 1 aromatic rings. The average Bonchev–Trinajstić information content (AvgIpc) is 2.43. The molecule has 1 aromatic carbocycles. The van der Waals surface area contributed by atoms with Crippen molar-refractivity contribution in [1.82, 2.24) is 5.43 Å². The van der Waals surface area contributed by atoms with Gasteiger partial charge in [-0.3, -0.25) is 11.3 Å². The Kier molecular flexibility index (Phi) is 5.74. The van der Waals surface area contributed by atoms with Crippen LogP contribution in [0.3, 0.4) is 0 Å². The van der Waals surface area contributed by atoms with Crippen molar-refractivity contribution in [2.24, 2.45) is 5.84 Å². The lowest BCUT2D eigenvalue weighted by molar-refractivity contribution is 0.440. The van der Waals surface area contributed by atoms with Gasteiger partial charge in [-0.05, 0) is 48.0 Å². The number of rotatable bonds is 6. The van der Waals surface area contributed by atoms with E-state index in [4.69, 9.17) is 5.84 Å². The monoisotopic (exact) mass is 278 g/mol. The zero-order valence-electron chi connectivity index (χ0n) is 12.1. The molecular formula is C16H26N2S. The molecule has 0 radical (unpaired) electrons. The minimum absolute atomic E-state index is 0.420. The maximum Gasteiger partial charge on any atom is 0.0307 e. The summed E-state index contributed by atoms with van der Waals surface area (Å²) in [6.45, 7) is 4.49. The highest BCUT2D eigenvalue weighted by atomic mass is 32.2. The van der Waals surface area contributed by atoms with Crippen molar-refractivity contribution in [2.45, 2.75) is 56.7 Å². The van der Waals surface area contributed by atoms with E-state index in [1.165, 1.54) is 19.3 Å². The van der Waals surface area contributed by atoms with E-state index in [0.29, 0.717) is 17.2 Å². The zero-order chi connectivity index (χ0) is 13.7. The van der Waals surface area contributed by atoms with Gasteiger partial charge in [0, 0.05) is 11.8 Å². The van der Waals surface area contributed by atoms with E-state index in [1.807, 2.05) is 11.8 Å². The molecular weight excluding hydrogens is 252 g/mol. The number of fused-ring (bicyclic) bond motifs is 1. The highest BCUT2D eigenvalue weighted by molar-refractivity contribution is 7.99. The van der Waals surface area contributed by atoms with Crippen LogP contribution in [0.4, 0.5) is 0 Å². The topological polar surface area (TPSA) is 38.0 Å². The summed E-state index contributed by atoms with van der Waals surface area (Å²) in [5.74, 6) is 7.52. The highest BCUT2D eigenvalue weighted by Crippen LogP contribution is 2.35. The minimum Gasteiger partial charge on any atom is -0.271 e. The Balaban J connectivity index is 1.98. The van der Waals surface area contributed by atoms with Crippen molar-refractivity contribution in [3.63, 3.8) is 0 Å². The Bertz CT molecular complexity index is 392. The van der Waals surface area contributed by atoms with E-state index in [9.17, 15) is 0 Å². The number of aryl methyl sites for hydroxylation is 1. The Labute approximate surface area is 121 Å². The lowest BCUT2D eigenvalue weighted by Gasteiger charge is -2.29. The van der Waals surface area contributed by atoms with Crippen molar-refractivity contribution < 1.29 is 0 Å². The van der Waals surface area contributed by atoms with Crippen LogP contribution in [0.1, 0.15) is 50.2 Å². The van der Waals surface area contributed by atoms with E-state index in [-0.39, 0.29) is 0 Å². The second kappa shape index (κ2) is 7.32. The molecule has 2 atom stereocenters. The molecule has 19 heavy (non-hydrogen) atoms. The summed E-state index contributed by atoms with van der Waals surface area (Å²) in [5.41, 5.74) is 6.12. The maximum atomic E-state index is 5.73. The molecule has 0 aliphatic heterocycles. The predicted molar refractivity (Wildman–Crippen MR) is 85.4 cm³/mol. The van der Waals surface area contributed by atoms with Crippen molar-refractivity contribution in [3.8, 4) is 0 Å². The molecule has 0 aromatic heterocycles. The molecule has 0 amide bonds. The van der Waals surface area contributed by atoms with Gasteiger partial charge < -0.3 is 0 Å². The fourth-order valence-electron chi connectivity index (χ4n) is 2.94. The molecule has 0 spiro atoms. The van der Waals surface area contributed by atoms with Gasteiger partial charge in [0.2, 0.25) is 0 Å². The summed E-state index contributed by atoms with van der Waals surface area (Å²) in [6.07, 6.45) is 5.03. The lowest BCUT2D eigenvalue weighted by atomic mass is 9.80. The Hall–Kier alpha value is -0.510. The molecule has 0 bridgehead atoms. The number of hydrogen-bond acceptors (Lipinski definition) is 3. The number of hydrogen-bond donors (Lipinski definition) is 2. The van der Waals surface area contributed by atoms with Crippen LogP contribution in [-0.4, -0.2) is 17.0 Å². The van der Waals surface area contributed by atoms with Crippen molar-refractivity contribution in [2.75, 3.05) is 5.75 Å². The van der Waals surface area contributed by atoms with Gasteiger partial charge in [-0.15, -0.1) is 0 Å². The molecule has 0 heterocycles. The minimum atomic E-state index is 0.420. The molecule has 2 rings (SSSR count).